The third-order valence-corrected chi connectivity index (χ3v) is 7.75. The van der Waals surface area contributed by atoms with Gasteiger partial charge in [0.2, 0.25) is 0 Å². The Balaban J connectivity index is 1.06. The minimum Gasteiger partial charge on any atom is -0.493 e. The molecule has 3 heterocycles. The molecular weight excluding hydrogens is 514 g/mol. The summed E-state index contributed by atoms with van der Waals surface area (Å²) < 4.78 is 42.4. The minimum atomic E-state index is -0.988. The SMILES string of the molecule is Nc1ccc(N2CCN(c3ccc(OC[C@@H]4COC(Cn5cncn5)(c5ccc(F)cc5F)C4)cc3)CC2)cc1. The zero-order valence-electron chi connectivity index (χ0n) is 22.1. The fraction of sp³-hybridized carbons (Fsp3) is 0.333. The number of ether oxygens (including phenoxy) is 2. The maximum absolute atomic E-state index is 14.9. The summed E-state index contributed by atoms with van der Waals surface area (Å²) in [5.74, 6) is -0.464. The van der Waals surface area contributed by atoms with Crippen molar-refractivity contribution in [3.05, 3.63) is 96.6 Å². The molecule has 1 aromatic heterocycles. The van der Waals surface area contributed by atoms with Gasteiger partial charge in [-0.15, -0.1) is 0 Å². The molecule has 0 aliphatic carbocycles. The lowest BCUT2D eigenvalue weighted by molar-refractivity contribution is -0.0206. The number of aromatic nitrogens is 3. The Morgan fingerprint density at radius 2 is 1.60 bits per heavy atom. The van der Waals surface area contributed by atoms with Gasteiger partial charge in [0, 0.05) is 60.8 Å². The monoisotopic (exact) mass is 546 g/mol. The second-order valence-corrected chi connectivity index (χ2v) is 10.5. The van der Waals surface area contributed by atoms with Crippen LogP contribution in [0.1, 0.15) is 12.0 Å². The van der Waals surface area contributed by atoms with Crippen LogP contribution >= 0.6 is 0 Å². The Labute approximate surface area is 231 Å². The largest absolute Gasteiger partial charge is 0.493 e. The van der Waals surface area contributed by atoms with E-state index in [1.54, 1.807) is 11.0 Å². The highest BCUT2D eigenvalue weighted by atomic mass is 19.1. The molecule has 2 fully saturated rings. The van der Waals surface area contributed by atoms with E-state index >= 15 is 0 Å². The van der Waals surface area contributed by atoms with Gasteiger partial charge in [0.1, 0.15) is 35.6 Å². The maximum atomic E-state index is 14.9. The molecule has 0 bridgehead atoms. The summed E-state index contributed by atoms with van der Waals surface area (Å²) in [4.78, 5) is 8.74. The molecule has 0 saturated carbocycles. The Kier molecular flexibility index (Phi) is 7.25. The summed E-state index contributed by atoms with van der Waals surface area (Å²) >= 11 is 0. The van der Waals surface area contributed by atoms with E-state index in [4.69, 9.17) is 15.2 Å². The minimum absolute atomic E-state index is 0.0223. The van der Waals surface area contributed by atoms with E-state index in [0.29, 0.717) is 25.2 Å². The van der Waals surface area contributed by atoms with Crippen molar-refractivity contribution < 1.29 is 18.3 Å². The van der Waals surface area contributed by atoms with Crippen LogP contribution in [-0.2, 0) is 16.9 Å². The van der Waals surface area contributed by atoms with Crippen LogP contribution in [0, 0.1) is 17.6 Å². The number of rotatable bonds is 8. The highest BCUT2D eigenvalue weighted by molar-refractivity contribution is 5.55. The Bertz CT molecular complexity index is 1410. The van der Waals surface area contributed by atoms with Crippen LogP contribution in [0.15, 0.2) is 79.4 Å². The molecule has 6 rings (SSSR count). The van der Waals surface area contributed by atoms with Gasteiger partial charge in [-0.25, -0.2) is 18.4 Å². The van der Waals surface area contributed by atoms with Crippen LogP contribution < -0.4 is 20.3 Å². The Hall–Kier alpha value is -4.18. The van der Waals surface area contributed by atoms with Crippen molar-refractivity contribution in [3.8, 4) is 5.75 Å². The number of piperazine rings is 1. The van der Waals surface area contributed by atoms with E-state index in [2.05, 4.69) is 44.1 Å². The van der Waals surface area contributed by atoms with Crippen LogP contribution in [0.5, 0.6) is 5.75 Å². The van der Waals surface area contributed by atoms with Gasteiger partial charge in [0.25, 0.3) is 0 Å². The zero-order valence-corrected chi connectivity index (χ0v) is 22.1. The number of benzene rings is 3. The van der Waals surface area contributed by atoms with Gasteiger partial charge in [-0.2, -0.15) is 5.10 Å². The zero-order chi connectivity index (χ0) is 27.5. The second kappa shape index (κ2) is 11.1. The van der Waals surface area contributed by atoms with Crippen molar-refractivity contribution in [2.24, 2.45) is 5.92 Å². The second-order valence-electron chi connectivity index (χ2n) is 10.5. The lowest BCUT2D eigenvalue weighted by Crippen LogP contribution is -2.46. The van der Waals surface area contributed by atoms with Crippen molar-refractivity contribution in [2.75, 3.05) is 54.9 Å². The average molecular weight is 547 g/mol. The molecule has 4 aromatic rings. The molecule has 0 spiro atoms. The van der Waals surface area contributed by atoms with Gasteiger partial charge in [0.05, 0.1) is 19.8 Å². The first-order chi connectivity index (χ1) is 19.5. The number of nitrogen functional groups attached to an aromatic ring is 1. The molecule has 40 heavy (non-hydrogen) atoms. The maximum Gasteiger partial charge on any atom is 0.137 e. The van der Waals surface area contributed by atoms with Crippen molar-refractivity contribution in [2.45, 2.75) is 18.6 Å². The first kappa shape index (κ1) is 26.1. The fourth-order valence-electron chi connectivity index (χ4n) is 5.66. The predicted molar refractivity (Wildman–Crippen MR) is 149 cm³/mol. The van der Waals surface area contributed by atoms with Crippen LogP contribution in [0.4, 0.5) is 25.8 Å². The fourth-order valence-corrected chi connectivity index (χ4v) is 5.66. The molecule has 8 nitrogen and oxygen atoms in total. The number of hydrogen-bond donors (Lipinski definition) is 1. The van der Waals surface area contributed by atoms with E-state index in [1.165, 1.54) is 24.1 Å². The summed E-state index contributed by atoms with van der Waals surface area (Å²) in [5, 5.41) is 4.17. The highest BCUT2D eigenvalue weighted by Gasteiger charge is 2.44. The molecule has 0 amide bonds. The third kappa shape index (κ3) is 5.58. The lowest BCUT2D eigenvalue weighted by Gasteiger charge is -2.37. The summed E-state index contributed by atoms with van der Waals surface area (Å²) in [5.41, 5.74) is 8.28. The van der Waals surface area contributed by atoms with Gasteiger partial charge in [-0.05, 0) is 61.0 Å². The van der Waals surface area contributed by atoms with E-state index in [1.807, 2.05) is 24.3 Å². The molecule has 2 saturated heterocycles. The van der Waals surface area contributed by atoms with Crippen LogP contribution in [-0.4, -0.2) is 54.2 Å². The molecule has 0 radical (unpaired) electrons. The van der Waals surface area contributed by atoms with Gasteiger partial charge < -0.3 is 25.0 Å². The molecule has 2 atom stereocenters. The molecule has 208 valence electrons. The quantitative estimate of drug-likeness (QED) is 0.327. The van der Waals surface area contributed by atoms with Crippen LogP contribution in [0.3, 0.4) is 0 Å². The van der Waals surface area contributed by atoms with Gasteiger partial charge in [-0.1, -0.05) is 6.07 Å². The number of nitrogens with two attached hydrogens (primary N) is 1. The molecule has 10 heteroatoms. The smallest absolute Gasteiger partial charge is 0.137 e. The molecular formula is C30H32F2N6O2. The predicted octanol–water partition coefficient (Wildman–Crippen LogP) is 4.48. The highest BCUT2D eigenvalue weighted by Crippen LogP contribution is 2.42. The Morgan fingerprint density at radius 3 is 2.23 bits per heavy atom. The molecule has 3 aromatic carbocycles. The standard InChI is InChI=1S/C30H32F2N6O2/c31-23-1-10-28(29(32)15-23)30(19-38-21-34-20-35-38)16-22(18-40-30)17-39-27-8-6-26(7-9-27)37-13-11-36(12-14-37)25-4-2-24(33)3-5-25/h1-10,15,20-22H,11-14,16-19,33H2/t22-,30?/m1/s1. The van der Waals surface area contributed by atoms with Crippen LogP contribution in [0.2, 0.25) is 0 Å². The number of anilines is 3. The summed E-state index contributed by atoms with van der Waals surface area (Å²) in [6.45, 7) is 4.81. The summed E-state index contributed by atoms with van der Waals surface area (Å²) in [6, 6.07) is 19.8. The van der Waals surface area contributed by atoms with Gasteiger partial charge in [-0.3, -0.25) is 0 Å². The van der Waals surface area contributed by atoms with Crippen molar-refractivity contribution >= 4 is 17.1 Å². The first-order valence-electron chi connectivity index (χ1n) is 13.5. The molecule has 1 unspecified atom stereocenters. The first-order valence-corrected chi connectivity index (χ1v) is 13.5. The van der Waals surface area contributed by atoms with Crippen molar-refractivity contribution in [3.63, 3.8) is 0 Å². The normalized spacial score (nSPS) is 21.1. The lowest BCUT2D eigenvalue weighted by atomic mass is 9.87. The topological polar surface area (TPSA) is 81.7 Å². The number of hydrogen-bond acceptors (Lipinski definition) is 7. The van der Waals surface area contributed by atoms with Gasteiger partial charge in [0.15, 0.2) is 0 Å². The molecule has 2 aliphatic rings. The van der Waals surface area contributed by atoms with Gasteiger partial charge >= 0.3 is 0 Å². The third-order valence-electron chi connectivity index (χ3n) is 7.75. The van der Waals surface area contributed by atoms with E-state index in [0.717, 1.165) is 49.4 Å². The summed E-state index contributed by atoms with van der Waals surface area (Å²) in [6.07, 6.45) is 3.50. The molecule has 2 aliphatic heterocycles. The average Bonchev–Trinajstić information content (AvgIpc) is 3.63. The van der Waals surface area contributed by atoms with E-state index < -0.39 is 17.2 Å². The van der Waals surface area contributed by atoms with Crippen molar-refractivity contribution in [1.82, 2.24) is 14.8 Å². The summed E-state index contributed by atoms with van der Waals surface area (Å²) in [7, 11) is 0. The van der Waals surface area contributed by atoms with Crippen LogP contribution in [0.25, 0.3) is 0 Å². The van der Waals surface area contributed by atoms with E-state index in [-0.39, 0.29) is 12.5 Å². The number of halogens is 2. The molecule has 2 N–H and O–H groups in total. The number of nitrogens with zero attached hydrogens (tertiary/aromatic N) is 5. The Morgan fingerprint density at radius 1 is 0.925 bits per heavy atom. The van der Waals surface area contributed by atoms with E-state index in [9.17, 15) is 8.78 Å². The van der Waals surface area contributed by atoms with Crippen molar-refractivity contribution in [1.29, 1.82) is 0 Å².